The highest BCUT2D eigenvalue weighted by Gasteiger charge is 2.14. The van der Waals surface area contributed by atoms with Crippen LogP contribution in [0.15, 0.2) is 4.99 Å². The molecule has 0 aliphatic heterocycles. The smallest absolute Gasteiger partial charge is 0.233 e. The van der Waals surface area contributed by atoms with Crippen LogP contribution in [0.4, 0.5) is 0 Å². The molecule has 0 saturated heterocycles. The van der Waals surface area contributed by atoms with Gasteiger partial charge in [-0.25, -0.2) is 0 Å². The van der Waals surface area contributed by atoms with Gasteiger partial charge in [-0.3, -0.25) is 10.2 Å². The second kappa shape index (κ2) is 6.25. The van der Waals surface area contributed by atoms with Gasteiger partial charge in [0.05, 0.1) is 5.25 Å². The summed E-state index contributed by atoms with van der Waals surface area (Å²) in [4.78, 5) is 14.7. The molecule has 0 aliphatic rings. The first-order valence-electron chi connectivity index (χ1n) is 4.10. The average molecular weight is 217 g/mol. The van der Waals surface area contributed by atoms with Gasteiger partial charge in [-0.15, -0.1) is 0 Å². The third-order valence-electron chi connectivity index (χ3n) is 1.24. The lowest BCUT2D eigenvalue weighted by Crippen LogP contribution is -2.31. The zero-order chi connectivity index (χ0) is 11.1. The number of carbonyl (C=O) groups is 1. The molecule has 0 aromatic rings. The van der Waals surface area contributed by atoms with Crippen LogP contribution in [-0.4, -0.2) is 28.8 Å². The van der Waals surface area contributed by atoms with Crippen molar-refractivity contribution in [2.45, 2.75) is 19.1 Å². The van der Waals surface area contributed by atoms with Gasteiger partial charge >= 0.3 is 0 Å². The molecule has 0 spiro atoms. The number of nitrogens with zero attached hydrogens (tertiary/aromatic N) is 1. The lowest BCUT2D eigenvalue weighted by atomic mass is 10.4. The number of amidine groups is 1. The molecule has 14 heavy (non-hydrogen) atoms. The van der Waals surface area contributed by atoms with Crippen LogP contribution >= 0.6 is 11.8 Å². The predicted octanol–water partition coefficient (Wildman–Crippen LogP) is -0.548. The van der Waals surface area contributed by atoms with Crippen molar-refractivity contribution in [3.63, 3.8) is 0 Å². The van der Waals surface area contributed by atoms with E-state index < -0.39 is 0 Å². The minimum atomic E-state index is -0.370. The third kappa shape index (κ3) is 5.41. The van der Waals surface area contributed by atoms with Crippen molar-refractivity contribution in [2.75, 3.05) is 6.54 Å². The minimum Gasteiger partial charge on any atom is -0.370 e. The highest BCUT2D eigenvalue weighted by atomic mass is 32.2. The molecule has 0 saturated carbocycles. The normalized spacial score (nSPS) is 11.6. The minimum absolute atomic E-state index is 0.0660. The summed E-state index contributed by atoms with van der Waals surface area (Å²) in [5, 5.41) is 9.51. The lowest BCUT2D eigenvalue weighted by molar-refractivity contribution is -0.120. The quantitative estimate of drug-likeness (QED) is 0.375. The summed E-state index contributed by atoms with van der Waals surface area (Å²) in [6.45, 7) is 4.09. The SMILES string of the molecule is CCNC(=O)C(C)SC(=N)N=C(N)N. The van der Waals surface area contributed by atoms with Crippen LogP contribution in [0.1, 0.15) is 13.8 Å². The van der Waals surface area contributed by atoms with E-state index in [2.05, 4.69) is 10.3 Å². The van der Waals surface area contributed by atoms with Crippen molar-refractivity contribution in [2.24, 2.45) is 16.5 Å². The molecule has 1 amide bonds. The van der Waals surface area contributed by atoms with Gasteiger partial charge in [0.25, 0.3) is 0 Å². The van der Waals surface area contributed by atoms with Gasteiger partial charge in [0.1, 0.15) is 0 Å². The van der Waals surface area contributed by atoms with Crippen molar-refractivity contribution in [1.29, 1.82) is 5.41 Å². The number of nitrogens with two attached hydrogens (primary N) is 2. The van der Waals surface area contributed by atoms with Crippen LogP contribution in [0.25, 0.3) is 0 Å². The van der Waals surface area contributed by atoms with Gasteiger partial charge in [-0.1, -0.05) is 11.8 Å². The number of rotatable bonds is 3. The van der Waals surface area contributed by atoms with Crippen molar-refractivity contribution >= 4 is 28.8 Å². The number of carbonyl (C=O) groups excluding carboxylic acids is 1. The molecule has 0 bridgehead atoms. The van der Waals surface area contributed by atoms with E-state index in [0.717, 1.165) is 11.8 Å². The number of amides is 1. The largest absolute Gasteiger partial charge is 0.370 e. The van der Waals surface area contributed by atoms with Crippen LogP contribution in [0.2, 0.25) is 0 Å². The topological polar surface area (TPSA) is 117 Å². The Morgan fingerprint density at radius 3 is 2.64 bits per heavy atom. The molecular formula is C7H15N5OS. The molecule has 6 N–H and O–H groups in total. The molecule has 0 aromatic heterocycles. The molecule has 0 heterocycles. The maximum atomic E-state index is 11.2. The second-order valence-electron chi connectivity index (χ2n) is 2.50. The molecule has 0 fully saturated rings. The summed E-state index contributed by atoms with van der Waals surface area (Å²) in [5.74, 6) is -0.307. The Balaban J connectivity index is 4.06. The van der Waals surface area contributed by atoms with E-state index in [1.165, 1.54) is 0 Å². The molecule has 0 aliphatic carbocycles. The van der Waals surface area contributed by atoms with Crippen molar-refractivity contribution < 1.29 is 4.79 Å². The van der Waals surface area contributed by atoms with Crippen LogP contribution in [-0.2, 0) is 4.79 Å². The van der Waals surface area contributed by atoms with E-state index >= 15 is 0 Å². The first-order valence-corrected chi connectivity index (χ1v) is 4.97. The second-order valence-corrected chi connectivity index (χ2v) is 3.83. The molecular weight excluding hydrogens is 202 g/mol. The number of thioether (sulfide) groups is 1. The van der Waals surface area contributed by atoms with Gasteiger partial charge < -0.3 is 16.8 Å². The number of hydrogen-bond acceptors (Lipinski definition) is 3. The third-order valence-corrected chi connectivity index (χ3v) is 2.12. The Morgan fingerprint density at radius 2 is 2.21 bits per heavy atom. The van der Waals surface area contributed by atoms with Crippen LogP contribution in [0.3, 0.4) is 0 Å². The Labute approximate surface area is 87.0 Å². The number of guanidine groups is 1. The fourth-order valence-corrected chi connectivity index (χ4v) is 1.37. The lowest BCUT2D eigenvalue weighted by Gasteiger charge is -2.08. The van der Waals surface area contributed by atoms with Crippen LogP contribution in [0, 0.1) is 5.41 Å². The molecule has 0 aromatic carbocycles. The van der Waals surface area contributed by atoms with E-state index in [-0.39, 0.29) is 22.3 Å². The standard InChI is InChI=1S/C7H15N5OS/c1-3-11-5(13)4(2)14-7(10)12-6(8)9/h4H,3H2,1-2H3,(H,11,13)(H5,8,9,10,12). The summed E-state index contributed by atoms with van der Waals surface area (Å²) >= 11 is 1.000. The van der Waals surface area contributed by atoms with Crippen LogP contribution in [0.5, 0.6) is 0 Å². The Morgan fingerprint density at radius 1 is 1.64 bits per heavy atom. The zero-order valence-electron chi connectivity index (χ0n) is 8.20. The summed E-state index contributed by atoms with van der Waals surface area (Å²) in [6, 6.07) is 0. The fourth-order valence-electron chi connectivity index (χ4n) is 0.683. The van der Waals surface area contributed by atoms with Gasteiger partial charge in [0.2, 0.25) is 5.91 Å². The summed E-state index contributed by atoms with van der Waals surface area (Å²) < 4.78 is 0. The Hall–Kier alpha value is -1.24. The first-order chi connectivity index (χ1) is 6.47. The van der Waals surface area contributed by atoms with Gasteiger partial charge in [0, 0.05) is 6.54 Å². The molecule has 7 heteroatoms. The predicted molar refractivity (Wildman–Crippen MR) is 59.3 cm³/mol. The van der Waals surface area contributed by atoms with Gasteiger partial charge in [-0.2, -0.15) is 4.99 Å². The molecule has 80 valence electrons. The summed E-state index contributed by atoms with van der Waals surface area (Å²) in [5.41, 5.74) is 10.2. The van der Waals surface area contributed by atoms with Crippen LogP contribution < -0.4 is 16.8 Å². The fraction of sp³-hybridized carbons (Fsp3) is 0.571. The average Bonchev–Trinajstić information content (AvgIpc) is 2.02. The molecule has 6 nitrogen and oxygen atoms in total. The highest BCUT2D eigenvalue weighted by molar-refractivity contribution is 8.14. The molecule has 1 unspecified atom stereocenters. The monoisotopic (exact) mass is 217 g/mol. The van der Waals surface area contributed by atoms with Crippen molar-refractivity contribution in [3.8, 4) is 0 Å². The maximum absolute atomic E-state index is 11.2. The Bertz CT molecular complexity index is 248. The molecule has 0 radical (unpaired) electrons. The Kier molecular flexibility index (Phi) is 5.70. The highest BCUT2D eigenvalue weighted by Crippen LogP contribution is 2.12. The maximum Gasteiger partial charge on any atom is 0.233 e. The molecule has 0 rings (SSSR count). The van der Waals surface area contributed by atoms with E-state index in [1.807, 2.05) is 6.92 Å². The number of aliphatic imine (C=N–C) groups is 1. The van der Waals surface area contributed by atoms with Crippen molar-refractivity contribution in [3.05, 3.63) is 0 Å². The van der Waals surface area contributed by atoms with Gasteiger partial charge in [-0.05, 0) is 13.8 Å². The number of hydrogen-bond donors (Lipinski definition) is 4. The van der Waals surface area contributed by atoms with E-state index in [1.54, 1.807) is 6.92 Å². The van der Waals surface area contributed by atoms with E-state index in [0.29, 0.717) is 6.54 Å². The van der Waals surface area contributed by atoms with E-state index in [9.17, 15) is 4.79 Å². The van der Waals surface area contributed by atoms with Gasteiger partial charge in [0.15, 0.2) is 11.1 Å². The van der Waals surface area contributed by atoms with E-state index in [4.69, 9.17) is 16.9 Å². The molecule has 1 atom stereocenters. The number of nitrogens with one attached hydrogen (secondary N) is 2. The zero-order valence-corrected chi connectivity index (χ0v) is 9.02. The first kappa shape index (κ1) is 12.8. The summed E-state index contributed by atoms with van der Waals surface area (Å²) in [6.07, 6.45) is 0. The summed E-state index contributed by atoms with van der Waals surface area (Å²) in [7, 11) is 0. The van der Waals surface area contributed by atoms with Crippen molar-refractivity contribution in [1.82, 2.24) is 5.32 Å².